The monoisotopic (exact) mass is 457 g/mol. The molecule has 3 aromatic carbocycles. The van der Waals surface area contributed by atoms with Crippen LogP contribution in [0.5, 0.6) is 0 Å². The number of rotatable bonds is 5. The van der Waals surface area contributed by atoms with Gasteiger partial charge in [0.05, 0.1) is 0 Å². The maximum absolute atomic E-state index is 4.19. The highest BCUT2D eigenvalue weighted by molar-refractivity contribution is 5.84. The maximum atomic E-state index is 4.19. The molecule has 0 saturated heterocycles. The second-order valence-electron chi connectivity index (χ2n) is 10.5. The van der Waals surface area contributed by atoms with Crippen LogP contribution in [-0.2, 0) is 5.41 Å². The number of anilines is 2. The molecule has 1 unspecified atom stereocenters. The topological polar surface area (TPSA) is 3.24 Å². The van der Waals surface area contributed by atoms with Crippen LogP contribution in [0.2, 0.25) is 0 Å². The van der Waals surface area contributed by atoms with Gasteiger partial charge in [0, 0.05) is 28.4 Å². The van der Waals surface area contributed by atoms with Gasteiger partial charge < -0.3 is 4.90 Å². The summed E-state index contributed by atoms with van der Waals surface area (Å²) in [6, 6.07) is 24.7. The highest BCUT2D eigenvalue weighted by atomic mass is 15.1. The summed E-state index contributed by atoms with van der Waals surface area (Å²) in [7, 11) is 0. The molecule has 0 bridgehead atoms. The second-order valence-corrected chi connectivity index (χ2v) is 10.5. The molecule has 0 aromatic heterocycles. The summed E-state index contributed by atoms with van der Waals surface area (Å²) in [6.07, 6.45) is 10.0. The van der Waals surface area contributed by atoms with Gasteiger partial charge in [0.15, 0.2) is 0 Å². The largest absolute Gasteiger partial charge is 0.314 e. The highest BCUT2D eigenvalue weighted by Crippen LogP contribution is 2.50. The van der Waals surface area contributed by atoms with E-state index in [4.69, 9.17) is 0 Å². The first-order valence-electron chi connectivity index (χ1n) is 12.6. The van der Waals surface area contributed by atoms with Crippen molar-refractivity contribution in [3.8, 4) is 11.1 Å². The van der Waals surface area contributed by atoms with E-state index >= 15 is 0 Å². The first-order valence-corrected chi connectivity index (χ1v) is 12.6. The molecule has 0 spiro atoms. The van der Waals surface area contributed by atoms with E-state index < -0.39 is 0 Å². The fourth-order valence-electron chi connectivity index (χ4n) is 5.58. The lowest BCUT2D eigenvalue weighted by atomic mass is 9.82. The Hall–Kier alpha value is -3.58. The van der Waals surface area contributed by atoms with Gasteiger partial charge in [0.25, 0.3) is 0 Å². The quantitative estimate of drug-likeness (QED) is 0.345. The van der Waals surface area contributed by atoms with Gasteiger partial charge in [-0.05, 0) is 85.4 Å². The fraction of sp³-hybridized carbons (Fsp3) is 0.235. The van der Waals surface area contributed by atoms with Crippen molar-refractivity contribution < 1.29 is 0 Å². The van der Waals surface area contributed by atoms with Gasteiger partial charge in [-0.25, -0.2) is 0 Å². The molecule has 0 amide bonds. The Labute approximate surface area is 210 Å². The maximum Gasteiger partial charge on any atom is 0.0464 e. The lowest BCUT2D eigenvalue weighted by molar-refractivity contribution is 0.660. The summed E-state index contributed by atoms with van der Waals surface area (Å²) >= 11 is 0. The fourth-order valence-corrected chi connectivity index (χ4v) is 5.58. The first kappa shape index (κ1) is 23.2. The van der Waals surface area contributed by atoms with Crippen LogP contribution in [0, 0.1) is 5.92 Å². The summed E-state index contributed by atoms with van der Waals surface area (Å²) in [6.45, 7) is 15.3. The van der Waals surface area contributed by atoms with Crippen LogP contribution in [0.1, 0.15) is 57.7 Å². The zero-order chi connectivity index (χ0) is 24.7. The Bertz CT molecular complexity index is 1400. The average molecular weight is 458 g/mol. The molecule has 1 heteroatoms. The van der Waals surface area contributed by atoms with Crippen LogP contribution in [0.3, 0.4) is 0 Å². The third-order valence-corrected chi connectivity index (χ3v) is 7.81. The van der Waals surface area contributed by atoms with E-state index in [1.165, 1.54) is 50.5 Å². The molecule has 2 aliphatic carbocycles. The van der Waals surface area contributed by atoms with Gasteiger partial charge in [-0.15, -0.1) is 0 Å². The molecular weight excluding hydrogens is 422 g/mol. The molecular formula is C34H35N. The number of nitrogens with zero attached hydrogens (tertiary/aromatic N) is 1. The van der Waals surface area contributed by atoms with Crippen molar-refractivity contribution in [2.24, 2.45) is 5.92 Å². The van der Waals surface area contributed by atoms with Crippen molar-refractivity contribution in [1.29, 1.82) is 0 Å². The number of hydrogen-bond donors (Lipinski definition) is 0. The van der Waals surface area contributed by atoms with Crippen LogP contribution in [0.15, 0.2) is 109 Å². The van der Waals surface area contributed by atoms with E-state index in [1.54, 1.807) is 0 Å². The van der Waals surface area contributed by atoms with Gasteiger partial charge in [-0.3, -0.25) is 0 Å². The summed E-state index contributed by atoms with van der Waals surface area (Å²) < 4.78 is 0. The van der Waals surface area contributed by atoms with Crippen molar-refractivity contribution in [3.05, 3.63) is 126 Å². The Morgan fingerprint density at radius 1 is 0.914 bits per heavy atom. The van der Waals surface area contributed by atoms with E-state index in [1.807, 2.05) is 0 Å². The molecule has 0 saturated carbocycles. The van der Waals surface area contributed by atoms with Crippen molar-refractivity contribution in [3.63, 3.8) is 0 Å². The molecule has 3 aromatic rings. The van der Waals surface area contributed by atoms with Crippen molar-refractivity contribution >= 4 is 16.9 Å². The summed E-state index contributed by atoms with van der Waals surface area (Å²) in [5.41, 5.74) is 12.9. The third kappa shape index (κ3) is 4.00. The molecule has 176 valence electrons. The number of allylic oxidation sites excluding steroid dienone is 7. The van der Waals surface area contributed by atoms with Gasteiger partial charge in [0.1, 0.15) is 0 Å². The van der Waals surface area contributed by atoms with Crippen molar-refractivity contribution in [2.75, 3.05) is 4.90 Å². The minimum atomic E-state index is -0.0297. The molecule has 1 atom stereocenters. The third-order valence-electron chi connectivity index (χ3n) is 7.81. The molecule has 35 heavy (non-hydrogen) atoms. The van der Waals surface area contributed by atoms with E-state index in [-0.39, 0.29) is 5.41 Å². The smallest absolute Gasteiger partial charge is 0.0464 e. The molecule has 5 rings (SSSR count). The SMILES string of the molecule is C=C(C)c1cccc(N(C2=CC=CC(/C(C)=C/C)C2)c2ccc3c(c2)C(C)(C)c2ccccc2-3)c1. The Morgan fingerprint density at radius 3 is 2.43 bits per heavy atom. The molecule has 2 aliphatic rings. The molecule has 1 nitrogen and oxygen atoms in total. The van der Waals surface area contributed by atoms with E-state index in [0.29, 0.717) is 5.92 Å². The van der Waals surface area contributed by atoms with Crippen molar-refractivity contribution in [1.82, 2.24) is 0 Å². The molecule has 0 aliphatic heterocycles. The standard InChI is InChI=1S/C34H35N/c1-7-24(4)26-13-11-15-28(21-26)35(27-14-10-12-25(20-27)23(2)3)29-18-19-31-30-16-8-9-17-32(30)34(5,6)33(31)22-29/h7-20,22,26H,2,21H2,1,3-6H3/b24-7+. The van der Waals surface area contributed by atoms with E-state index in [0.717, 1.165) is 12.0 Å². The molecule has 0 N–H and O–H groups in total. The Kier molecular flexibility index (Phi) is 5.89. The van der Waals surface area contributed by atoms with Gasteiger partial charge >= 0.3 is 0 Å². The summed E-state index contributed by atoms with van der Waals surface area (Å²) in [5, 5.41) is 0. The number of benzene rings is 3. The average Bonchev–Trinajstić information content (AvgIpc) is 3.11. The van der Waals surface area contributed by atoms with Crippen LogP contribution >= 0.6 is 0 Å². The van der Waals surface area contributed by atoms with Gasteiger partial charge in [0.2, 0.25) is 0 Å². The van der Waals surface area contributed by atoms with Crippen LogP contribution in [0.4, 0.5) is 11.4 Å². The van der Waals surface area contributed by atoms with Gasteiger partial charge in [-0.1, -0.05) is 92.3 Å². The lowest BCUT2D eigenvalue weighted by Gasteiger charge is -2.33. The van der Waals surface area contributed by atoms with E-state index in [2.05, 4.69) is 137 Å². The predicted molar refractivity (Wildman–Crippen MR) is 152 cm³/mol. The minimum Gasteiger partial charge on any atom is -0.314 e. The summed E-state index contributed by atoms with van der Waals surface area (Å²) in [5.74, 6) is 0.418. The first-order chi connectivity index (χ1) is 16.8. The zero-order valence-electron chi connectivity index (χ0n) is 21.6. The lowest BCUT2D eigenvalue weighted by Crippen LogP contribution is -2.21. The Balaban J connectivity index is 1.66. The predicted octanol–water partition coefficient (Wildman–Crippen LogP) is 9.59. The number of hydrogen-bond acceptors (Lipinski definition) is 1. The van der Waals surface area contributed by atoms with Gasteiger partial charge in [-0.2, -0.15) is 0 Å². The van der Waals surface area contributed by atoms with Crippen LogP contribution in [-0.4, -0.2) is 0 Å². The van der Waals surface area contributed by atoms with Crippen LogP contribution in [0.25, 0.3) is 16.7 Å². The molecule has 0 heterocycles. The van der Waals surface area contributed by atoms with Crippen molar-refractivity contribution in [2.45, 2.75) is 46.5 Å². The van der Waals surface area contributed by atoms with E-state index in [9.17, 15) is 0 Å². The highest BCUT2D eigenvalue weighted by Gasteiger charge is 2.36. The Morgan fingerprint density at radius 2 is 1.66 bits per heavy atom. The normalized spacial score (nSPS) is 18.0. The zero-order valence-corrected chi connectivity index (χ0v) is 21.6. The van der Waals surface area contributed by atoms with Crippen LogP contribution < -0.4 is 4.90 Å². The minimum absolute atomic E-state index is 0.0297. The summed E-state index contributed by atoms with van der Waals surface area (Å²) in [4.78, 5) is 2.45. The molecule has 0 fully saturated rings. The second kappa shape index (κ2) is 8.89. The number of fused-ring (bicyclic) bond motifs is 3. The molecule has 0 radical (unpaired) electrons.